The molecular formula is C13H11Cl2N3O. The van der Waals surface area contributed by atoms with Gasteiger partial charge in [-0.2, -0.15) is 0 Å². The minimum Gasteiger partial charge on any atom is -0.323 e. The number of nitrogens with two attached hydrogens (primary N) is 1. The van der Waals surface area contributed by atoms with Crippen molar-refractivity contribution in [3.63, 3.8) is 0 Å². The fraction of sp³-hybridized carbons (Fsp3) is 0. The van der Waals surface area contributed by atoms with Gasteiger partial charge in [-0.15, -0.1) is 0 Å². The molecule has 0 spiro atoms. The molecule has 0 saturated heterocycles. The van der Waals surface area contributed by atoms with Gasteiger partial charge in [0.1, 0.15) is 0 Å². The third kappa shape index (κ3) is 3.38. The van der Waals surface area contributed by atoms with Crippen LogP contribution in [0.4, 0.5) is 11.4 Å². The topological polar surface area (TPSA) is 67.1 Å². The summed E-state index contributed by atoms with van der Waals surface area (Å²) in [7, 11) is 0. The lowest BCUT2D eigenvalue weighted by molar-refractivity contribution is 0.102. The van der Waals surface area contributed by atoms with Gasteiger partial charge in [-0.3, -0.25) is 10.6 Å². The third-order valence-electron chi connectivity index (χ3n) is 2.46. The summed E-state index contributed by atoms with van der Waals surface area (Å²) in [4.78, 5) is 12.1. The maximum Gasteiger partial charge on any atom is 0.257 e. The van der Waals surface area contributed by atoms with Crippen LogP contribution in [0.3, 0.4) is 0 Å². The zero-order valence-corrected chi connectivity index (χ0v) is 11.3. The number of carbonyl (C=O) groups excluding carboxylic acids is 1. The van der Waals surface area contributed by atoms with E-state index in [0.717, 1.165) is 0 Å². The highest BCUT2D eigenvalue weighted by molar-refractivity contribution is 6.31. The number of nitrogen functional groups attached to an aromatic ring is 1. The monoisotopic (exact) mass is 295 g/mol. The van der Waals surface area contributed by atoms with Gasteiger partial charge in [0.2, 0.25) is 0 Å². The van der Waals surface area contributed by atoms with Gasteiger partial charge in [0.15, 0.2) is 0 Å². The van der Waals surface area contributed by atoms with E-state index in [-0.39, 0.29) is 5.91 Å². The second-order valence-corrected chi connectivity index (χ2v) is 4.67. The van der Waals surface area contributed by atoms with E-state index in [1.165, 1.54) is 6.07 Å². The fourth-order valence-electron chi connectivity index (χ4n) is 1.59. The number of hydrogen-bond acceptors (Lipinski definition) is 3. The summed E-state index contributed by atoms with van der Waals surface area (Å²) >= 11 is 11.7. The number of hydrazine groups is 1. The molecular weight excluding hydrogens is 285 g/mol. The Morgan fingerprint density at radius 3 is 2.47 bits per heavy atom. The summed E-state index contributed by atoms with van der Waals surface area (Å²) < 4.78 is 0. The van der Waals surface area contributed by atoms with Crippen LogP contribution in [0, 0.1) is 0 Å². The number of amides is 1. The van der Waals surface area contributed by atoms with E-state index in [0.29, 0.717) is 27.0 Å². The largest absolute Gasteiger partial charge is 0.323 e. The molecule has 0 heterocycles. The molecule has 0 bridgehead atoms. The summed E-state index contributed by atoms with van der Waals surface area (Å²) in [5.74, 6) is 5.04. The van der Waals surface area contributed by atoms with Crippen LogP contribution in [0.1, 0.15) is 10.4 Å². The van der Waals surface area contributed by atoms with Crippen molar-refractivity contribution in [2.75, 3.05) is 10.7 Å². The van der Waals surface area contributed by atoms with Gasteiger partial charge >= 0.3 is 0 Å². The van der Waals surface area contributed by atoms with E-state index in [9.17, 15) is 4.79 Å². The average Bonchev–Trinajstić information content (AvgIpc) is 2.38. The second kappa shape index (κ2) is 5.93. The maximum absolute atomic E-state index is 12.1. The van der Waals surface area contributed by atoms with E-state index in [4.69, 9.17) is 29.0 Å². The SMILES string of the molecule is NNc1ccc(Cl)cc1C(=O)Nc1cccc(Cl)c1. The Hall–Kier alpha value is -1.75. The molecule has 0 atom stereocenters. The van der Waals surface area contributed by atoms with Gasteiger partial charge in [0, 0.05) is 15.7 Å². The zero-order chi connectivity index (χ0) is 13.8. The van der Waals surface area contributed by atoms with Crippen LogP contribution in [-0.4, -0.2) is 5.91 Å². The van der Waals surface area contributed by atoms with Gasteiger partial charge in [0.05, 0.1) is 11.3 Å². The smallest absolute Gasteiger partial charge is 0.257 e. The molecule has 0 saturated carbocycles. The molecule has 6 heteroatoms. The predicted octanol–water partition coefficient (Wildman–Crippen LogP) is 3.53. The number of carbonyl (C=O) groups is 1. The summed E-state index contributed by atoms with van der Waals surface area (Å²) in [6.07, 6.45) is 0. The van der Waals surface area contributed by atoms with Crippen molar-refractivity contribution in [1.82, 2.24) is 0 Å². The molecule has 0 aromatic heterocycles. The highest BCUT2D eigenvalue weighted by Gasteiger charge is 2.12. The number of hydrogen-bond donors (Lipinski definition) is 3. The van der Waals surface area contributed by atoms with Crippen molar-refractivity contribution >= 4 is 40.5 Å². The van der Waals surface area contributed by atoms with Crippen LogP contribution < -0.4 is 16.6 Å². The van der Waals surface area contributed by atoms with E-state index in [2.05, 4.69) is 10.7 Å². The van der Waals surface area contributed by atoms with E-state index in [1.54, 1.807) is 36.4 Å². The number of anilines is 2. The molecule has 0 aliphatic rings. The second-order valence-electron chi connectivity index (χ2n) is 3.80. The summed E-state index contributed by atoms with van der Waals surface area (Å²) in [5.41, 5.74) is 3.90. The molecule has 4 N–H and O–H groups in total. The summed E-state index contributed by atoms with van der Waals surface area (Å²) in [5, 5.41) is 3.72. The first kappa shape index (κ1) is 13.7. The molecule has 0 radical (unpaired) electrons. The van der Waals surface area contributed by atoms with Gasteiger partial charge in [-0.1, -0.05) is 29.3 Å². The minimum atomic E-state index is -0.322. The van der Waals surface area contributed by atoms with Gasteiger partial charge in [-0.05, 0) is 36.4 Å². The molecule has 2 aromatic rings. The Kier molecular flexibility index (Phi) is 4.27. The van der Waals surface area contributed by atoms with Gasteiger partial charge < -0.3 is 10.7 Å². The number of halogens is 2. The lowest BCUT2D eigenvalue weighted by atomic mass is 10.1. The average molecular weight is 296 g/mol. The Bertz CT molecular complexity index is 617. The molecule has 2 aromatic carbocycles. The van der Waals surface area contributed by atoms with Crippen LogP contribution in [0.15, 0.2) is 42.5 Å². The Balaban J connectivity index is 2.27. The molecule has 0 aliphatic carbocycles. The minimum absolute atomic E-state index is 0.322. The Morgan fingerprint density at radius 1 is 1.05 bits per heavy atom. The molecule has 98 valence electrons. The first-order valence-electron chi connectivity index (χ1n) is 5.43. The highest BCUT2D eigenvalue weighted by atomic mass is 35.5. The van der Waals surface area contributed by atoms with Crippen LogP contribution in [0.25, 0.3) is 0 Å². The molecule has 19 heavy (non-hydrogen) atoms. The number of nitrogens with one attached hydrogen (secondary N) is 2. The van der Waals surface area contributed by atoms with E-state index >= 15 is 0 Å². The van der Waals surface area contributed by atoms with Crippen molar-refractivity contribution in [3.8, 4) is 0 Å². The van der Waals surface area contributed by atoms with Crippen molar-refractivity contribution in [2.24, 2.45) is 5.84 Å². The lowest BCUT2D eigenvalue weighted by Crippen LogP contribution is -2.17. The van der Waals surface area contributed by atoms with Crippen LogP contribution in [0.2, 0.25) is 10.0 Å². The van der Waals surface area contributed by atoms with Crippen molar-refractivity contribution in [1.29, 1.82) is 0 Å². The van der Waals surface area contributed by atoms with Crippen LogP contribution in [-0.2, 0) is 0 Å². The Morgan fingerprint density at radius 2 is 1.79 bits per heavy atom. The summed E-state index contributed by atoms with van der Waals surface area (Å²) in [6, 6.07) is 11.7. The standard InChI is InChI=1S/C13H11Cl2N3O/c14-8-2-1-3-10(6-8)17-13(19)11-7-9(15)4-5-12(11)18-16/h1-7,18H,16H2,(H,17,19). The molecule has 2 rings (SSSR count). The van der Waals surface area contributed by atoms with Crippen LogP contribution in [0.5, 0.6) is 0 Å². The summed E-state index contributed by atoms with van der Waals surface area (Å²) in [6.45, 7) is 0. The van der Waals surface area contributed by atoms with Crippen molar-refractivity contribution in [3.05, 3.63) is 58.1 Å². The lowest BCUT2D eigenvalue weighted by Gasteiger charge is -2.10. The van der Waals surface area contributed by atoms with Gasteiger partial charge in [-0.25, -0.2) is 0 Å². The van der Waals surface area contributed by atoms with Crippen molar-refractivity contribution < 1.29 is 4.79 Å². The normalized spacial score (nSPS) is 10.1. The first-order chi connectivity index (χ1) is 9.10. The quantitative estimate of drug-likeness (QED) is 0.599. The molecule has 0 unspecified atom stereocenters. The maximum atomic E-state index is 12.1. The number of rotatable bonds is 3. The zero-order valence-electron chi connectivity index (χ0n) is 9.78. The molecule has 4 nitrogen and oxygen atoms in total. The first-order valence-corrected chi connectivity index (χ1v) is 6.19. The molecule has 1 amide bonds. The van der Waals surface area contributed by atoms with Gasteiger partial charge in [0.25, 0.3) is 5.91 Å². The molecule has 0 aliphatic heterocycles. The predicted molar refractivity (Wildman–Crippen MR) is 78.7 cm³/mol. The van der Waals surface area contributed by atoms with Crippen molar-refractivity contribution in [2.45, 2.75) is 0 Å². The van der Waals surface area contributed by atoms with E-state index < -0.39 is 0 Å². The molecule has 0 fully saturated rings. The highest BCUT2D eigenvalue weighted by Crippen LogP contribution is 2.22. The van der Waals surface area contributed by atoms with Crippen LogP contribution >= 0.6 is 23.2 Å². The fourth-order valence-corrected chi connectivity index (χ4v) is 1.96. The Labute approximate surface area is 120 Å². The third-order valence-corrected chi connectivity index (χ3v) is 2.93. The number of benzene rings is 2. The van der Waals surface area contributed by atoms with E-state index in [1.807, 2.05) is 0 Å².